The van der Waals surface area contributed by atoms with Crippen molar-refractivity contribution in [3.05, 3.63) is 41.0 Å². The SMILES string of the molecule is OCc1c(F)cc(C=CCCBr)cc1F. The average molecular weight is 277 g/mol. The third kappa shape index (κ3) is 3.39. The molecule has 0 aliphatic heterocycles. The van der Waals surface area contributed by atoms with Crippen LogP contribution in [-0.2, 0) is 6.61 Å². The maximum Gasteiger partial charge on any atom is 0.132 e. The van der Waals surface area contributed by atoms with E-state index in [0.29, 0.717) is 5.56 Å². The Bertz CT molecular complexity index is 341. The highest BCUT2D eigenvalue weighted by Gasteiger charge is 2.08. The standard InChI is InChI=1S/C11H11BrF2O/c12-4-2-1-3-8-5-10(13)9(7-15)11(14)6-8/h1,3,5-6,15H,2,4,7H2. The molecular formula is C11H11BrF2O. The molecule has 0 spiro atoms. The highest BCUT2D eigenvalue weighted by molar-refractivity contribution is 9.09. The number of alkyl halides is 1. The lowest BCUT2D eigenvalue weighted by atomic mass is 10.1. The van der Waals surface area contributed by atoms with Gasteiger partial charge < -0.3 is 5.11 Å². The molecule has 0 aliphatic carbocycles. The molecular weight excluding hydrogens is 266 g/mol. The second-order valence-corrected chi connectivity index (χ2v) is 3.79. The second kappa shape index (κ2) is 5.98. The van der Waals surface area contributed by atoms with Crippen LogP contribution in [0.25, 0.3) is 6.08 Å². The van der Waals surface area contributed by atoms with Crippen molar-refractivity contribution >= 4 is 22.0 Å². The first kappa shape index (κ1) is 12.3. The monoisotopic (exact) mass is 276 g/mol. The molecule has 0 unspecified atom stereocenters. The summed E-state index contributed by atoms with van der Waals surface area (Å²) in [6.07, 6.45) is 4.27. The molecule has 0 radical (unpaired) electrons. The van der Waals surface area contributed by atoms with Crippen molar-refractivity contribution in [2.75, 3.05) is 5.33 Å². The van der Waals surface area contributed by atoms with Crippen molar-refractivity contribution in [2.45, 2.75) is 13.0 Å². The Kier molecular flexibility index (Phi) is 4.91. The smallest absolute Gasteiger partial charge is 0.132 e. The van der Waals surface area contributed by atoms with Gasteiger partial charge in [-0.25, -0.2) is 8.78 Å². The number of aliphatic hydroxyl groups excluding tert-OH is 1. The van der Waals surface area contributed by atoms with Crippen LogP contribution in [0.4, 0.5) is 8.78 Å². The van der Waals surface area contributed by atoms with Gasteiger partial charge in [0.05, 0.1) is 6.61 Å². The highest BCUT2D eigenvalue weighted by atomic mass is 79.9. The lowest BCUT2D eigenvalue weighted by Crippen LogP contribution is -1.96. The summed E-state index contributed by atoms with van der Waals surface area (Å²) in [6, 6.07) is 2.42. The van der Waals surface area contributed by atoms with Gasteiger partial charge in [0.15, 0.2) is 0 Å². The van der Waals surface area contributed by atoms with Gasteiger partial charge in [0, 0.05) is 10.9 Å². The number of hydrogen-bond donors (Lipinski definition) is 1. The molecule has 0 amide bonds. The van der Waals surface area contributed by atoms with E-state index in [-0.39, 0.29) is 5.56 Å². The van der Waals surface area contributed by atoms with Crippen molar-refractivity contribution in [1.29, 1.82) is 0 Å². The van der Waals surface area contributed by atoms with Crippen LogP contribution >= 0.6 is 15.9 Å². The molecule has 1 nitrogen and oxygen atoms in total. The summed E-state index contributed by atoms with van der Waals surface area (Å²) in [5, 5.41) is 9.51. The molecule has 82 valence electrons. The van der Waals surface area contributed by atoms with E-state index in [2.05, 4.69) is 15.9 Å². The Hall–Kier alpha value is -0.740. The second-order valence-electron chi connectivity index (χ2n) is 3.00. The number of rotatable bonds is 4. The first-order chi connectivity index (χ1) is 7.19. The third-order valence-corrected chi connectivity index (χ3v) is 2.37. The molecule has 0 heterocycles. The predicted octanol–water partition coefficient (Wildman–Crippen LogP) is 3.26. The van der Waals surface area contributed by atoms with Crippen LogP contribution in [0.15, 0.2) is 18.2 Å². The number of allylic oxidation sites excluding steroid dienone is 1. The quantitative estimate of drug-likeness (QED) is 0.837. The summed E-state index contributed by atoms with van der Waals surface area (Å²) in [5.41, 5.74) is 0.177. The normalized spacial score (nSPS) is 11.2. The number of aliphatic hydroxyl groups is 1. The minimum Gasteiger partial charge on any atom is -0.391 e. The summed E-state index contributed by atoms with van der Waals surface area (Å²) in [4.78, 5) is 0. The van der Waals surface area contributed by atoms with Crippen LogP contribution in [0.5, 0.6) is 0 Å². The topological polar surface area (TPSA) is 20.2 Å². The van der Waals surface area contributed by atoms with Crippen LogP contribution in [0.1, 0.15) is 17.5 Å². The molecule has 1 aromatic carbocycles. The molecule has 1 N–H and O–H groups in total. The molecule has 0 fully saturated rings. The fraction of sp³-hybridized carbons (Fsp3) is 0.273. The van der Waals surface area contributed by atoms with Gasteiger partial charge in [-0.2, -0.15) is 0 Å². The summed E-state index contributed by atoms with van der Waals surface area (Å²) < 4.78 is 26.4. The van der Waals surface area contributed by atoms with Crippen molar-refractivity contribution in [1.82, 2.24) is 0 Å². The summed E-state index contributed by atoms with van der Waals surface area (Å²) in [5.74, 6) is -1.42. The van der Waals surface area contributed by atoms with Gasteiger partial charge in [0.1, 0.15) is 11.6 Å². The van der Waals surface area contributed by atoms with Crippen LogP contribution in [-0.4, -0.2) is 10.4 Å². The Balaban J connectivity index is 2.93. The maximum absolute atomic E-state index is 13.2. The van der Waals surface area contributed by atoms with E-state index in [0.717, 1.165) is 11.8 Å². The summed E-state index contributed by atoms with van der Waals surface area (Å²) >= 11 is 3.24. The Morgan fingerprint density at radius 2 is 1.87 bits per heavy atom. The molecule has 0 aromatic heterocycles. The maximum atomic E-state index is 13.2. The average Bonchev–Trinajstić information content (AvgIpc) is 2.18. The summed E-state index contributed by atoms with van der Waals surface area (Å²) in [6.45, 7) is -0.622. The van der Waals surface area contributed by atoms with E-state index in [1.807, 2.05) is 6.08 Å². The van der Waals surface area contributed by atoms with Crippen LogP contribution in [0, 0.1) is 11.6 Å². The Labute approximate surface area is 95.6 Å². The fourth-order valence-corrected chi connectivity index (χ4v) is 1.42. The lowest BCUT2D eigenvalue weighted by molar-refractivity contribution is 0.269. The van der Waals surface area contributed by atoms with Crippen molar-refractivity contribution in [3.8, 4) is 0 Å². The van der Waals surface area contributed by atoms with Crippen LogP contribution in [0.3, 0.4) is 0 Å². The zero-order valence-corrected chi connectivity index (χ0v) is 9.60. The van der Waals surface area contributed by atoms with E-state index in [1.165, 1.54) is 12.1 Å². The van der Waals surface area contributed by atoms with Gasteiger partial charge in [0.25, 0.3) is 0 Å². The van der Waals surface area contributed by atoms with E-state index in [4.69, 9.17) is 5.11 Å². The molecule has 0 aliphatic rings. The highest BCUT2D eigenvalue weighted by Crippen LogP contribution is 2.16. The molecule has 0 saturated carbocycles. The zero-order chi connectivity index (χ0) is 11.3. The fourth-order valence-electron chi connectivity index (χ4n) is 1.15. The Morgan fingerprint density at radius 3 is 2.33 bits per heavy atom. The molecule has 0 saturated heterocycles. The van der Waals surface area contributed by atoms with Gasteiger partial charge in [-0.15, -0.1) is 0 Å². The molecule has 0 bridgehead atoms. The number of hydrogen-bond acceptors (Lipinski definition) is 1. The van der Waals surface area contributed by atoms with Gasteiger partial charge in [-0.05, 0) is 24.1 Å². The predicted molar refractivity (Wildman–Crippen MR) is 59.7 cm³/mol. The minimum absolute atomic E-state index is 0.285. The van der Waals surface area contributed by atoms with Crippen LogP contribution < -0.4 is 0 Å². The van der Waals surface area contributed by atoms with Gasteiger partial charge in [0.2, 0.25) is 0 Å². The molecule has 4 heteroatoms. The zero-order valence-electron chi connectivity index (χ0n) is 8.01. The number of halogens is 3. The largest absolute Gasteiger partial charge is 0.391 e. The van der Waals surface area contributed by atoms with E-state index in [9.17, 15) is 8.78 Å². The lowest BCUT2D eigenvalue weighted by Gasteiger charge is -2.02. The van der Waals surface area contributed by atoms with Gasteiger partial charge in [-0.1, -0.05) is 28.1 Å². The Morgan fingerprint density at radius 1 is 1.27 bits per heavy atom. The van der Waals surface area contributed by atoms with Crippen molar-refractivity contribution < 1.29 is 13.9 Å². The molecule has 1 rings (SSSR count). The first-order valence-corrected chi connectivity index (χ1v) is 5.62. The van der Waals surface area contributed by atoms with E-state index in [1.54, 1.807) is 6.08 Å². The summed E-state index contributed by atoms with van der Waals surface area (Å²) in [7, 11) is 0. The van der Waals surface area contributed by atoms with Crippen LogP contribution in [0.2, 0.25) is 0 Å². The van der Waals surface area contributed by atoms with Gasteiger partial charge in [-0.3, -0.25) is 0 Å². The van der Waals surface area contributed by atoms with E-state index < -0.39 is 18.2 Å². The first-order valence-electron chi connectivity index (χ1n) is 4.50. The van der Waals surface area contributed by atoms with Crippen molar-refractivity contribution in [2.24, 2.45) is 0 Å². The molecule has 0 atom stereocenters. The van der Waals surface area contributed by atoms with Gasteiger partial charge >= 0.3 is 0 Å². The van der Waals surface area contributed by atoms with Crippen molar-refractivity contribution in [3.63, 3.8) is 0 Å². The van der Waals surface area contributed by atoms with E-state index >= 15 is 0 Å². The molecule has 15 heavy (non-hydrogen) atoms. The minimum atomic E-state index is -0.712. The molecule has 1 aromatic rings. The third-order valence-electron chi connectivity index (χ3n) is 1.91. The number of benzene rings is 1.